The maximum absolute atomic E-state index is 12.0. The Labute approximate surface area is 127 Å². The van der Waals surface area contributed by atoms with Crippen LogP contribution in [0.4, 0.5) is 0 Å². The molecular weight excluding hydrogens is 260 g/mol. The zero-order chi connectivity index (χ0) is 14.7. The maximum atomic E-state index is 12.0. The Morgan fingerprint density at radius 1 is 1.19 bits per heavy atom. The normalized spacial score (nSPS) is 18.8. The SMILES string of the molecule is CC(NCCC(=O)N1CCCC1)c1ccc2c(c1)CCC2. The Morgan fingerprint density at radius 2 is 1.95 bits per heavy atom. The third-order valence-corrected chi connectivity index (χ3v) is 4.87. The van der Waals surface area contributed by atoms with Gasteiger partial charge in [-0.3, -0.25) is 4.79 Å². The van der Waals surface area contributed by atoms with Gasteiger partial charge in [0.05, 0.1) is 0 Å². The molecule has 0 saturated carbocycles. The van der Waals surface area contributed by atoms with Crippen LogP contribution in [0.2, 0.25) is 0 Å². The fraction of sp³-hybridized carbons (Fsp3) is 0.611. The third kappa shape index (κ3) is 3.46. The fourth-order valence-corrected chi connectivity index (χ4v) is 3.50. The Hall–Kier alpha value is -1.35. The Morgan fingerprint density at radius 3 is 2.76 bits per heavy atom. The van der Waals surface area contributed by atoms with Gasteiger partial charge in [0.15, 0.2) is 0 Å². The van der Waals surface area contributed by atoms with E-state index in [1.54, 1.807) is 0 Å². The minimum absolute atomic E-state index is 0.307. The number of fused-ring (bicyclic) bond motifs is 1. The van der Waals surface area contributed by atoms with Crippen LogP contribution >= 0.6 is 0 Å². The summed E-state index contributed by atoms with van der Waals surface area (Å²) in [4.78, 5) is 14.0. The Kier molecular flexibility index (Phi) is 4.59. The second-order valence-corrected chi connectivity index (χ2v) is 6.40. The first-order valence-corrected chi connectivity index (χ1v) is 8.37. The van der Waals surface area contributed by atoms with Crippen LogP contribution in [0.5, 0.6) is 0 Å². The van der Waals surface area contributed by atoms with E-state index in [0.29, 0.717) is 18.4 Å². The van der Waals surface area contributed by atoms with E-state index < -0.39 is 0 Å². The molecule has 3 heteroatoms. The van der Waals surface area contributed by atoms with Gasteiger partial charge in [-0.05, 0) is 55.7 Å². The highest BCUT2D eigenvalue weighted by molar-refractivity contribution is 5.76. The summed E-state index contributed by atoms with van der Waals surface area (Å²) in [6.07, 6.45) is 6.72. The van der Waals surface area contributed by atoms with Crippen molar-refractivity contribution in [2.24, 2.45) is 0 Å². The number of likely N-dealkylation sites (tertiary alicyclic amines) is 1. The van der Waals surface area contributed by atoms with Crippen LogP contribution in [0.15, 0.2) is 18.2 Å². The first-order valence-electron chi connectivity index (χ1n) is 8.37. The number of nitrogens with zero attached hydrogens (tertiary/aromatic N) is 1. The summed E-state index contributed by atoms with van der Waals surface area (Å²) >= 11 is 0. The van der Waals surface area contributed by atoms with Crippen LogP contribution in [0.25, 0.3) is 0 Å². The van der Waals surface area contributed by atoms with E-state index in [0.717, 1.165) is 19.6 Å². The number of carbonyl (C=O) groups is 1. The van der Waals surface area contributed by atoms with E-state index in [4.69, 9.17) is 0 Å². The van der Waals surface area contributed by atoms with Gasteiger partial charge in [-0.25, -0.2) is 0 Å². The number of nitrogens with one attached hydrogen (secondary N) is 1. The number of benzene rings is 1. The van der Waals surface area contributed by atoms with E-state index >= 15 is 0 Å². The molecule has 1 atom stereocenters. The van der Waals surface area contributed by atoms with E-state index in [2.05, 4.69) is 30.4 Å². The van der Waals surface area contributed by atoms with E-state index in [9.17, 15) is 4.79 Å². The molecule has 2 aliphatic rings. The standard InChI is InChI=1S/C18H26N2O/c1-14(16-8-7-15-5-4-6-17(15)13-16)19-10-9-18(21)20-11-2-3-12-20/h7-8,13-14,19H,2-6,9-12H2,1H3. The molecule has 1 N–H and O–H groups in total. The second kappa shape index (κ2) is 6.61. The van der Waals surface area contributed by atoms with Gasteiger partial charge < -0.3 is 10.2 Å². The molecule has 21 heavy (non-hydrogen) atoms. The second-order valence-electron chi connectivity index (χ2n) is 6.40. The highest BCUT2D eigenvalue weighted by Gasteiger charge is 2.18. The number of hydrogen-bond donors (Lipinski definition) is 1. The Balaban J connectivity index is 1.47. The van der Waals surface area contributed by atoms with Crippen LogP contribution in [-0.4, -0.2) is 30.4 Å². The van der Waals surface area contributed by atoms with Crippen molar-refractivity contribution in [3.05, 3.63) is 34.9 Å². The molecular formula is C18H26N2O. The number of aryl methyl sites for hydroxylation is 2. The summed E-state index contributed by atoms with van der Waals surface area (Å²) in [5, 5.41) is 3.50. The lowest BCUT2D eigenvalue weighted by atomic mass is 10.0. The summed E-state index contributed by atoms with van der Waals surface area (Å²) < 4.78 is 0. The van der Waals surface area contributed by atoms with Crippen LogP contribution in [0, 0.1) is 0 Å². The molecule has 1 heterocycles. The molecule has 1 saturated heterocycles. The van der Waals surface area contributed by atoms with Crippen molar-refractivity contribution in [2.75, 3.05) is 19.6 Å². The predicted octanol–water partition coefficient (Wildman–Crippen LogP) is 2.84. The van der Waals surface area contributed by atoms with Gasteiger partial charge in [0, 0.05) is 32.1 Å². The molecule has 1 aromatic carbocycles. The molecule has 1 aromatic rings. The quantitative estimate of drug-likeness (QED) is 0.902. The van der Waals surface area contributed by atoms with Crippen LogP contribution in [0.3, 0.4) is 0 Å². The molecule has 1 aliphatic heterocycles. The summed E-state index contributed by atoms with van der Waals surface area (Å²) in [6.45, 7) is 4.88. The van der Waals surface area contributed by atoms with Gasteiger partial charge in [0.2, 0.25) is 5.91 Å². The zero-order valence-corrected chi connectivity index (χ0v) is 13.0. The number of rotatable bonds is 5. The summed E-state index contributed by atoms with van der Waals surface area (Å²) in [6, 6.07) is 7.19. The van der Waals surface area contributed by atoms with Gasteiger partial charge in [0.25, 0.3) is 0 Å². The molecule has 1 unspecified atom stereocenters. The molecule has 0 radical (unpaired) electrons. The third-order valence-electron chi connectivity index (χ3n) is 4.87. The van der Waals surface area contributed by atoms with Gasteiger partial charge in [0.1, 0.15) is 0 Å². The lowest BCUT2D eigenvalue weighted by molar-refractivity contribution is -0.130. The summed E-state index contributed by atoms with van der Waals surface area (Å²) in [7, 11) is 0. The van der Waals surface area contributed by atoms with Crippen LogP contribution in [-0.2, 0) is 17.6 Å². The van der Waals surface area contributed by atoms with E-state index in [1.165, 1.54) is 48.8 Å². The highest BCUT2D eigenvalue weighted by Crippen LogP contribution is 2.25. The highest BCUT2D eigenvalue weighted by atomic mass is 16.2. The zero-order valence-electron chi connectivity index (χ0n) is 13.0. The lowest BCUT2D eigenvalue weighted by Crippen LogP contribution is -2.31. The molecule has 114 valence electrons. The number of carbonyl (C=O) groups excluding carboxylic acids is 1. The average molecular weight is 286 g/mol. The fourth-order valence-electron chi connectivity index (χ4n) is 3.50. The molecule has 3 rings (SSSR count). The van der Waals surface area contributed by atoms with Gasteiger partial charge >= 0.3 is 0 Å². The monoisotopic (exact) mass is 286 g/mol. The van der Waals surface area contributed by atoms with Crippen molar-refractivity contribution in [3.63, 3.8) is 0 Å². The average Bonchev–Trinajstić information content (AvgIpc) is 3.17. The van der Waals surface area contributed by atoms with Crippen molar-refractivity contribution in [1.29, 1.82) is 0 Å². The lowest BCUT2D eigenvalue weighted by Gasteiger charge is -2.18. The van der Waals surface area contributed by atoms with Crippen molar-refractivity contribution in [3.8, 4) is 0 Å². The van der Waals surface area contributed by atoms with Gasteiger partial charge in [-0.1, -0.05) is 18.2 Å². The minimum atomic E-state index is 0.307. The molecule has 3 nitrogen and oxygen atoms in total. The van der Waals surface area contributed by atoms with Crippen molar-refractivity contribution in [2.45, 2.75) is 51.5 Å². The molecule has 0 spiro atoms. The van der Waals surface area contributed by atoms with Crippen LogP contribution in [0.1, 0.15) is 55.3 Å². The molecule has 0 bridgehead atoms. The largest absolute Gasteiger partial charge is 0.343 e. The first-order chi connectivity index (χ1) is 10.2. The van der Waals surface area contributed by atoms with Gasteiger partial charge in [-0.15, -0.1) is 0 Å². The maximum Gasteiger partial charge on any atom is 0.223 e. The molecule has 1 aliphatic carbocycles. The van der Waals surface area contributed by atoms with Crippen LogP contribution < -0.4 is 5.32 Å². The molecule has 0 aromatic heterocycles. The Bertz CT molecular complexity index is 506. The number of hydrogen-bond acceptors (Lipinski definition) is 2. The molecule has 1 fully saturated rings. The topological polar surface area (TPSA) is 32.3 Å². The van der Waals surface area contributed by atoms with Crippen molar-refractivity contribution in [1.82, 2.24) is 10.2 Å². The smallest absolute Gasteiger partial charge is 0.223 e. The predicted molar refractivity (Wildman–Crippen MR) is 85.3 cm³/mol. The summed E-state index contributed by atoms with van der Waals surface area (Å²) in [5.74, 6) is 0.307. The molecule has 1 amide bonds. The van der Waals surface area contributed by atoms with E-state index in [-0.39, 0.29) is 0 Å². The summed E-state index contributed by atoms with van der Waals surface area (Å²) in [5.41, 5.74) is 4.40. The van der Waals surface area contributed by atoms with Crippen molar-refractivity contribution >= 4 is 5.91 Å². The minimum Gasteiger partial charge on any atom is -0.343 e. The van der Waals surface area contributed by atoms with Gasteiger partial charge in [-0.2, -0.15) is 0 Å². The first kappa shape index (κ1) is 14.6. The van der Waals surface area contributed by atoms with E-state index in [1.807, 2.05) is 4.90 Å². The van der Waals surface area contributed by atoms with Crippen molar-refractivity contribution < 1.29 is 4.79 Å². The number of amides is 1.